The van der Waals surface area contributed by atoms with Crippen molar-refractivity contribution < 1.29 is 4.21 Å². The molecule has 0 heterocycles. The standard InChI is InChI=1S/C9H10.C4H11NOS/c1-2-5-9-7-3-6-8(9)4-1;1-4(2,3)7(5)6/h1-2,4-5H,3,6-7H2;5H2,1-3H3. The van der Waals surface area contributed by atoms with Crippen molar-refractivity contribution in [2.24, 2.45) is 5.14 Å². The Balaban J connectivity index is 0.000000168. The molecule has 16 heavy (non-hydrogen) atoms. The van der Waals surface area contributed by atoms with Crippen LogP contribution in [0.3, 0.4) is 0 Å². The van der Waals surface area contributed by atoms with Gasteiger partial charge in [-0.1, -0.05) is 24.3 Å². The van der Waals surface area contributed by atoms with E-state index in [1.807, 2.05) is 20.8 Å². The van der Waals surface area contributed by atoms with Gasteiger partial charge in [0.1, 0.15) is 0 Å². The fourth-order valence-corrected chi connectivity index (χ4v) is 1.51. The normalized spacial score (nSPS) is 16.0. The summed E-state index contributed by atoms with van der Waals surface area (Å²) in [6.45, 7) is 5.51. The van der Waals surface area contributed by atoms with Gasteiger partial charge < -0.3 is 0 Å². The molecule has 3 heteroatoms. The molecule has 0 fully saturated rings. The second-order valence-corrected chi connectivity index (χ2v) is 6.85. The van der Waals surface area contributed by atoms with Crippen LogP contribution >= 0.6 is 0 Å². The van der Waals surface area contributed by atoms with Crippen molar-refractivity contribution in [1.29, 1.82) is 0 Å². The van der Waals surface area contributed by atoms with E-state index in [2.05, 4.69) is 24.3 Å². The molecule has 0 spiro atoms. The van der Waals surface area contributed by atoms with Crippen molar-refractivity contribution in [3.63, 3.8) is 0 Å². The summed E-state index contributed by atoms with van der Waals surface area (Å²) in [5.74, 6) is 0. The smallest absolute Gasteiger partial charge is 0.0942 e. The largest absolute Gasteiger partial charge is 0.251 e. The molecule has 0 saturated heterocycles. The van der Waals surface area contributed by atoms with E-state index in [4.69, 9.17) is 5.14 Å². The Morgan fingerprint density at radius 1 is 1.12 bits per heavy atom. The second kappa shape index (κ2) is 5.60. The van der Waals surface area contributed by atoms with Gasteiger partial charge in [0.15, 0.2) is 0 Å². The molecule has 0 radical (unpaired) electrons. The van der Waals surface area contributed by atoms with E-state index in [-0.39, 0.29) is 4.75 Å². The number of nitrogens with two attached hydrogens (primary N) is 1. The van der Waals surface area contributed by atoms with Crippen molar-refractivity contribution in [3.8, 4) is 0 Å². The topological polar surface area (TPSA) is 43.1 Å². The highest BCUT2D eigenvalue weighted by atomic mass is 32.2. The first kappa shape index (κ1) is 13.4. The molecule has 1 atom stereocenters. The lowest BCUT2D eigenvalue weighted by Gasteiger charge is -2.11. The predicted octanol–water partition coefficient (Wildman–Crippen LogP) is 2.58. The van der Waals surface area contributed by atoms with E-state index in [1.54, 1.807) is 11.1 Å². The minimum absolute atomic E-state index is 0.250. The van der Waals surface area contributed by atoms with E-state index in [9.17, 15) is 4.21 Å². The first-order valence-corrected chi connectivity index (χ1v) is 6.85. The zero-order valence-corrected chi connectivity index (χ0v) is 11.1. The molecule has 1 unspecified atom stereocenters. The van der Waals surface area contributed by atoms with E-state index in [0.29, 0.717) is 0 Å². The van der Waals surface area contributed by atoms with Gasteiger partial charge in [-0.15, -0.1) is 0 Å². The molecular weight excluding hydrogens is 218 g/mol. The minimum atomic E-state index is -1.18. The number of fused-ring (bicyclic) bond motifs is 1. The maximum atomic E-state index is 10.4. The monoisotopic (exact) mass is 239 g/mol. The van der Waals surface area contributed by atoms with Crippen LogP contribution in [0.2, 0.25) is 0 Å². The SMILES string of the molecule is CC(C)(C)S(N)=O.c1ccc2c(c1)CCC2. The molecule has 0 saturated carbocycles. The molecule has 2 N–H and O–H groups in total. The Kier molecular flexibility index (Phi) is 4.69. The summed E-state index contributed by atoms with van der Waals surface area (Å²) >= 11 is 0. The summed E-state index contributed by atoms with van der Waals surface area (Å²) in [4.78, 5) is 0. The van der Waals surface area contributed by atoms with Crippen LogP contribution in [0.4, 0.5) is 0 Å². The van der Waals surface area contributed by atoms with Crippen molar-refractivity contribution >= 4 is 11.0 Å². The van der Waals surface area contributed by atoms with E-state index in [0.717, 1.165) is 0 Å². The van der Waals surface area contributed by atoms with Crippen molar-refractivity contribution in [2.75, 3.05) is 0 Å². The summed E-state index contributed by atoms with van der Waals surface area (Å²) in [5, 5.41) is 5.04. The average molecular weight is 239 g/mol. The van der Waals surface area contributed by atoms with Crippen molar-refractivity contribution in [1.82, 2.24) is 0 Å². The summed E-state index contributed by atoms with van der Waals surface area (Å²) in [7, 11) is -1.18. The van der Waals surface area contributed by atoms with Crippen LogP contribution in [0.15, 0.2) is 24.3 Å². The molecule has 0 bridgehead atoms. The maximum absolute atomic E-state index is 10.4. The third kappa shape index (κ3) is 4.06. The van der Waals surface area contributed by atoms with Gasteiger partial charge in [-0.05, 0) is 51.2 Å². The Morgan fingerprint density at radius 2 is 1.50 bits per heavy atom. The van der Waals surface area contributed by atoms with E-state index >= 15 is 0 Å². The predicted molar refractivity (Wildman–Crippen MR) is 70.5 cm³/mol. The van der Waals surface area contributed by atoms with Gasteiger partial charge in [-0.2, -0.15) is 0 Å². The Labute approximate surface area is 101 Å². The number of benzene rings is 1. The molecule has 1 aromatic carbocycles. The molecular formula is C13H21NOS. The van der Waals surface area contributed by atoms with Crippen LogP contribution in [-0.4, -0.2) is 8.96 Å². The number of rotatable bonds is 0. The van der Waals surface area contributed by atoms with Gasteiger partial charge in [0.2, 0.25) is 0 Å². The quantitative estimate of drug-likeness (QED) is 0.743. The lowest BCUT2D eigenvalue weighted by atomic mass is 10.1. The third-order valence-corrected chi connectivity index (χ3v) is 3.82. The van der Waals surface area contributed by atoms with Crippen molar-refractivity contribution in [2.45, 2.75) is 44.8 Å². The molecule has 1 aromatic rings. The Bertz CT molecular complexity index is 345. The van der Waals surface area contributed by atoms with Crippen LogP contribution < -0.4 is 5.14 Å². The van der Waals surface area contributed by atoms with Crippen LogP contribution in [0, 0.1) is 0 Å². The molecule has 2 rings (SSSR count). The molecule has 0 aromatic heterocycles. The first-order chi connectivity index (χ1) is 7.41. The molecule has 2 nitrogen and oxygen atoms in total. The lowest BCUT2D eigenvalue weighted by molar-refractivity contribution is 0.650. The number of hydrogen-bond donors (Lipinski definition) is 1. The zero-order chi connectivity index (χ0) is 12.2. The van der Waals surface area contributed by atoms with Gasteiger partial charge in [0.05, 0.1) is 15.7 Å². The highest BCUT2D eigenvalue weighted by Gasteiger charge is 2.14. The van der Waals surface area contributed by atoms with Crippen molar-refractivity contribution in [3.05, 3.63) is 35.4 Å². The summed E-state index contributed by atoms with van der Waals surface area (Å²) in [5.41, 5.74) is 3.13. The van der Waals surface area contributed by atoms with Gasteiger partial charge in [0.25, 0.3) is 0 Å². The number of aryl methyl sites for hydroxylation is 2. The fourth-order valence-electron chi connectivity index (χ4n) is 1.51. The van der Waals surface area contributed by atoms with E-state index < -0.39 is 11.0 Å². The number of hydrogen-bond acceptors (Lipinski definition) is 1. The molecule has 1 aliphatic carbocycles. The van der Waals surface area contributed by atoms with Gasteiger partial charge in [-0.25, -0.2) is 4.21 Å². The zero-order valence-electron chi connectivity index (χ0n) is 10.3. The Morgan fingerprint density at radius 3 is 1.81 bits per heavy atom. The highest BCUT2D eigenvalue weighted by molar-refractivity contribution is 7.84. The van der Waals surface area contributed by atoms with Gasteiger partial charge in [0, 0.05) is 0 Å². The average Bonchev–Trinajstić information content (AvgIpc) is 2.64. The summed E-state index contributed by atoms with van der Waals surface area (Å²) in [6, 6.07) is 8.74. The van der Waals surface area contributed by atoms with Crippen LogP contribution in [0.5, 0.6) is 0 Å². The third-order valence-electron chi connectivity index (χ3n) is 2.61. The molecule has 0 amide bonds. The molecule has 1 aliphatic rings. The second-order valence-electron chi connectivity index (χ2n) is 5.03. The molecule has 90 valence electrons. The minimum Gasteiger partial charge on any atom is -0.251 e. The summed E-state index contributed by atoms with van der Waals surface area (Å²) < 4.78 is 10.1. The first-order valence-electron chi connectivity index (χ1n) is 5.64. The van der Waals surface area contributed by atoms with Gasteiger partial charge >= 0.3 is 0 Å². The summed E-state index contributed by atoms with van der Waals surface area (Å²) in [6.07, 6.45) is 3.96. The highest BCUT2D eigenvalue weighted by Crippen LogP contribution is 2.20. The van der Waals surface area contributed by atoms with E-state index in [1.165, 1.54) is 19.3 Å². The Hall–Kier alpha value is -0.670. The van der Waals surface area contributed by atoms with Gasteiger partial charge in [-0.3, -0.25) is 5.14 Å². The maximum Gasteiger partial charge on any atom is 0.0942 e. The van der Waals surface area contributed by atoms with Crippen LogP contribution in [0.25, 0.3) is 0 Å². The van der Waals surface area contributed by atoms with Crippen LogP contribution in [0.1, 0.15) is 38.3 Å². The fraction of sp³-hybridized carbons (Fsp3) is 0.538. The lowest BCUT2D eigenvalue weighted by Crippen LogP contribution is -2.27. The molecule has 0 aliphatic heterocycles. The van der Waals surface area contributed by atoms with Crippen LogP contribution in [-0.2, 0) is 23.8 Å².